The minimum absolute atomic E-state index is 0.0819. The molecule has 1 aromatic carbocycles. The summed E-state index contributed by atoms with van der Waals surface area (Å²) >= 11 is 5.87. The molecule has 0 bridgehead atoms. The highest BCUT2D eigenvalue weighted by atomic mass is 35.5. The molecule has 0 fully saturated rings. The van der Waals surface area contributed by atoms with Gasteiger partial charge in [-0.3, -0.25) is 4.79 Å². The second-order valence-corrected chi connectivity index (χ2v) is 4.00. The van der Waals surface area contributed by atoms with Gasteiger partial charge in [0, 0.05) is 5.56 Å². The third kappa shape index (κ3) is 2.28. The van der Waals surface area contributed by atoms with Crippen molar-refractivity contribution in [1.82, 2.24) is 4.98 Å². The molecule has 0 radical (unpaired) electrons. The molecule has 0 aliphatic rings. The fourth-order valence-electron chi connectivity index (χ4n) is 1.55. The lowest BCUT2D eigenvalue weighted by atomic mass is 10.1. The number of nitrogens with one attached hydrogen (secondary N) is 1. The maximum Gasteiger partial charge on any atom is 0.356 e. The van der Waals surface area contributed by atoms with Crippen molar-refractivity contribution in [2.24, 2.45) is 0 Å². The van der Waals surface area contributed by atoms with Crippen molar-refractivity contribution in [1.29, 1.82) is 0 Å². The lowest BCUT2D eigenvalue weighted by Gasteiger charge is -1.98. The molecule has 5 heteroatoms. The van der Waals surface area contributed by atoms with Gasteiger partial charge in [-0.25, -0.2) is 4.79 Å². The van der Waals surface area contributed by atoms with Gasteiger partial charge >= 0.3 is 5.97 Å². The molecule has 2 aromatic rings. The summed E-state index contributed by atoms with van der Waals surface area (Å²) in [6, 6.07) is 10.1. The zero-order valence-electron chi connectivity index (χ0n) is 9.57. The first kappa shape index (κ1) is 12.4. The monoisotopic (exact) mass is 263 g/mol. The van der Waals surface area contributed by atoms with Gasteiger partial charge in [-0.15, -0.1) is 0 Å². The Morgan fingerprint density at radius 2 is 1.89 bits per heavy atom. The van der Waals surface area contributed by atoms with Crippen LogP contribution in [0.2, 0.25) is 5.02 Å². The van der Waals surface area contributed by atoms with Gasteiger partial charge in [0.25, 0.3) is 0 Å². The lowest BCUT2D eigenvalue weighted by molar-refractivity contribution is 0.0595. The van der Waals surface area contributed by atoms with Crippen LogP contribution >= 0.6 is 11.6 Å². The highest BCUT2D eigenvalue weighted by Crippen LogP contribution is 2.20. The molecule has 0 unspecified atom stereocenters. The number of aromatic amines is 1. The number of hydrogen-bond donors (Lipinski definition) is 1. The average Bonchev–Trinajstić information content (AvgIpc) is 2.80. The van der Waals surface area contributed by atoms with E-state index in [4.69, 9.17) is 11.6 Å². The number of ether oxygens (including phenoxy) is 1. The quantitative estimate of drug-likeness (QED) is 0.684. The van der Waals surface area contributed by atoms with Gasteiger partial charge in [0.05, 0.1) is 17.8 Å². The summed E-state index contributed by atoms with van der Waals surface area (Å²) < 4.78 is 4.55. The van der Waals surface area contributed by atoms with Crippen molar-refractivity contribution >= 4 is 23.4 Å². The van der Waals surface area contributed by atoms with Crippen LogP contribution in [0, 0.1) is 0 Å². The number of carbonyl (C=O) groups is 2. The SMILES string of the molecule is COC(=O)c1[nH]c(C(=O)c2ccccc2)cc1Cl. The van der Waals surface area contributed by atoms with Crippen LogP contribution in [-0.2, 0) is 4.74 Å². The number of carbonyl (C=O) groups excluding carboxylic acids is 2. The number of hydrogen-bond acceptors (Lipinski definition) is 3. The first-order valence-electron chi connectivity index (χ1n) is 5.20. The van der Waals surface area contributed by atoms with Gasteiger partial charge in [0.15, 0.2) is 0 Å². The number of ketones is 1. The molecule has 1 N–H and O–H groups in total. The first-order valence-corrected chi connectivity index (χ1v) is 5.58. The average molecular weight is 264 g/mol. The molecule has 0 spiro atoms. The van der Waals surface area contributed by atoms with Gasteiger partial charge in [-0.1, -0.05) is 41.9 Å². The molecule has 18 heavy (non-hydrogen) atoms. The van der Waals surface area contributed by atoms with E-state index in [2.05, 4.69) is 9.72 Å². The molecule has 0 atom stereocenters. The Balaban J connectivity index is 2.36. The van der Waals surface area contributed by atoms with E-state index in [1.54, 1.807) is 24.3 Å². The maximum absolute atomic E-state index is 12.1. The van der Waals surface area contributed by atoms with E-state index in [-0.39, 0.29) is 22.2 Å². The Labute approximate surface area is 109 Å². The Morgan fingerprint density at radius 3 is 2.50 bits per heavy atom. The molecule has 0 aliphatic carbocycles. The zero-order chi connectivity index (χ0) is 13.1. The van der Waals surface area contributed by atoms with Crippen molar-refractivity contribution in [2.45, 2.75) is 0 Å². The smallest absolute Gasteiger partial charge is 0.356 e. The number of rotatable bonds is 3. The number of benzene rings is 1. The largest absolute Gasteiger partial charge is 0.464 e. The van der Waals surface area contributed by atoms with Crippen LogP contribution in [0.5, 0.6) is 0 Å². The summed E-state index contributed by atoms with van der Waals surface area (Å²) in [5, 5.41) is 0.168. The van der Waals surface area contributed by atoms with Gasteiger partial charge < -0.3 is 9.72 Å². The molecule has 2 rings (SSSR count). The summed E-state index contributed by atoms with van der Waals surface area (Å²) in [6.07, 6.45) is 0. The van der Waals surface area contributed by atoms with E-state index >= 15 is 0 Å². The molecule has 0 aliphatic heterocycles. The first-order chi connectivity index (χ1) is 8.63. The van der Waals surface area contributed by atoms with Crippen molar-refractivity contribution in [3.05, 3.63) is 58.4 Å². The highest BCUT2D eigenvalue weighted by molar-refractivity contribution is 6.34. The zero-order valence-corrected chi connectivity index (χ0v) is 10.3. The summed E-state index contributed by atoms with van der Waals surface area (Å²) in [6.45, 7) is 0. The summed E-state index contributed by atoms with van der Waals surface area (Å²) in [7, 11) is 1.25. The van der Waals surface area contributed by atoms with E-state index < -0.39 is 5.97 Å². The number of methoxy groups -OCH3 is 1. The van der Waals surface area contributed by atoms with Crippen molar-refractivity contribution in [3.63, 3.8) is 0 Å². The van der Waals surface area contributed by atoms with E-state index in [1.165, 1.54) is 13.2 Å². The van der Waals surface area contributed by atoms with Crippen LogP contribution in [0.1, 0.15) is 26.5 Å². The number of aromatic nitrogens is 1. The third-order valence-electron chi connectivity index (χ3n) is 2.44. The Kier molecular flexibility index (Phi) is 3.48. The standard InChI is InChI=1S/C13H10ClNO3/c1-18-13(17)11-9(14)7-10(15-11)12(16)8-5-3-2-4-6-8/h2-7,15H,1H3. The van der Waals surface area contributed by atoms with Gasteiger partial charge in [-0.2, -0.15) is 0 Å². The van der Waals surface area contributed by atoms with E-state index in [0.717, 1.165) is 0 Å². The second-order valence-electron chi connectivity index (χ2n) is 3.59. The second kappa shape index (κ2) is 5.06. The molecule has 1 aromatic heterocycles. The lowest BCUT2D eigenvalue weighted by Crippen LogP contribution is -2.05. The van der Waals surface area contributed by atoms with Crippen molar-refractivity contribution in [3.8, 4) is 0 Å². The van der Waals surface area contributed by atoms with Crippen LogP contribution in [0.15, 0.2) is 36.4 Å². The topological polar surface area (TPSA) is 59.2 Å². The van der Waals surface area contributed by atoms with Gasteiger partial charge in [0.2, 0.25) is 5.78 Å². The van der Waals surface area contributed by atoms with Crippen LogP contribution in [0.4, 0.5) is 0 Å². The third-order valence-corrected chi connectivity index (χ3v) is 2.74. The highest BCUT2D eigenvalue weighted by Gasteiger charge is 2.18. The Bertz CT molecular complexity index is 590. The molecular weight excluding hydrogens is 254 g/mol. The fourth-order valence-corrected chi connectivity index (χ4v) is 1.78. The normalized spacial score (nSPS) is 10.1. The minimum atomic E-state index is -0.605. The predicted molar refractivity (Wildman–Crippen MR) is 67.0 cm³/mol. The van der Waals surface area contributed by atoms with E-state index in [1.807, 2.05) is 6.07 Å². The van der Waals surface area contributed by atoms with Gasteiger partial charge in [0.1, 0.15) is 5.69 Å². The summed E-state index contributed by atoms with van der Waals surface area (Å²) in [5.74, 6) is -0.834. The van der Waals surface area contributed by atoms with Gasteiger partial charge in [-0.05, 0) is 6.07 Å². The molecule has 0 saturated carbocycles. The summed E-state index contributed by atoms with van der Waals surface area (Å²) in [4.78, 5) is 26.1. The van der Waals surface area contributed by atoms with E-state index in [0.29, 0.717) is 5.56 Å². The Hall–Kier alpha value is -2.07. The predicted octanol–water partition coefficient (Wildman–Crippen LogP) is 2.69. The fraction of sp³-hybridized carbons (Fsp3) is 0.0769. The van der Waals surface area contributed by atoms with Crippen LogP contribution in [0.3, 0.4) is 0 Å². The number of halogens is 1. The van der Waals surface area contributed by atoms with Crippen LogP contribution in [0.25, 0.3) is 0 Å². The van der Waals surface area contributed by atoms with Crippen molar-refractivity contribution < 1.29 is 14.3 Å². The molecule has 0 amide bonds. The number of esters is 1. The summed E-state index contributed by atoms with van der Waals surface area (Å²) in [5.41, 5.74) is 0.858. The molecule has 0 saturated heterocycles. The van der Waals surface area contributed by atoms with Crippen LogP contribution < -0.4 is 0 Å². The molecule has 1 heterocycles. The Morgan fingerprint density at radius 1 is 1.22 bits per heavy atom. The minimum Gasteiger partial charge on any atom is -0.464 e. The molecular formula is C13H10ClNO3. The van der Waals surface area contributed by atoms with E-state index in [9.17, 15) is 9.59 Å². The maximum atomic E-state index is 12.1. The van der Waals surface area contributed by atoms with Crippen molar-refractivity contribution in [2.75, 3.05) is 7.11 Å². The van der Waals surface area contributed by atoms with Crippen LogP contribution in [-0.4, -0.2) is 23.8 Å². The molecule has 4 nitrogen and oxygen atoms in total. The number of H-pyrrole nitrogens is 1. The molecule has 92 valence electrons.